The van der Waals surface area contributed by atoms with Gasteiger partial charge >= 0.3 is 18.0 Å². The normalized spacial score (nSPS) is 14.5. The standard InChI is InChI=1S/C30H30N4O7/c1-18(35)34-17-21-16-23(32-30(41)31-22-5-3-2-4-6-22)12-13-24(21)27(34)28(38)33-25(29(39)40)15-20-9-7-19(8-10-20)11-14-26(36)37/h2-10,12-13,16,25,27H,11,14-15,17H2,1H3,(H,33,38)(H,36,37)(H,39,40)(H2,31,32,41). The number of para-hydroxylation sites is 1. The van der Waals surface area contributed by atoms with Crippen molar-refractivity contribution in [1.29, 1.82) is 0 Å². The Hall–Kier alpha value is -5.19. The number of amides is 4. The molecule has 0 aromatic heterocycles. The highest BCUT2D eigenvalue weighted by Crippen LogP contribution is 2.35. The molecule has 0 saturated heterocycles. The second-order valence-electron chi connectivity index (χ2n) is 9.72. The van der Waals surface area contributed by atoms with E-state index < -0.39 is 36.0 Å². The number of carboxylic acid groups (broad SMARTS) is 2. The zero-order valence-corrected chi connectivity index (χ0v) is 22.3. The molecule has 41 heavy (non-hydrogen) atoms. The molecule has 3 aromatic rings. The van der Waals surface area contributed by atoms with Gasteiger partial charge in [0.15, 0.2) is 0 Å². The number of fused-ring (bicyclic) bond motifs is 1. The lowest BCUT2D eigenvalue weighted by molar-refractivity contribution is -0.144. The molecule has 3 aromatic carbocycles. The van der Waals surface area contributed by atoms with Crippen LogP contribution >= 0.6 is 0 Å². The number of carbonyl (C=O) groups is 5. The van der Waals surface area contributed by atoms with Gasteiger partial charge in [0.05, 0.1) is 0 Å². The molecular weight excluding hydrogens is 528 g/mol. The van der Waals surface area contributed by atoms with Crippen molar-refractivity contribution in [3.05, 3.63) is 95.1 Å². The lowest BCUT2D eigenvalue weighted by Crippen LogP contribution is -2.47. The molecule has 4 rings (SSSR count). The summed E-state index contributed by atoms with van der Waals surface area (Å²) >= 11 is 0. The van der Waals surface area contributed by atoms with Crippen LogP contribution < -0.4 is 16.0 Å². The van der Waals surface area contributed by atoms with Gasteiger partial charge in [0.2, 0.25) is 11.8 Å². The molecule has 4 amide bonds. The summed E-state index contributed by atoms with van der Waals surface area (Å²) in [6, 6.07) is 18.0. The van der Waals surface area contributed by atoms with Crippen molar-refractivity contribution >= 4 is 41.2 Å². The molecule has 5 N–H and O–H groups in total. The fourth-order valence-corrected chi connectivity index (χ4v) is 4.70. The van der Waals surface area contributed by atoms with E-state index in [9.17, 15) is 29.1 Å². The van der Waals surface area contributed by atoms with Crippen LogP contribution in [0.1, 0.15) is 41.6 Å². The van der Waals surface area contributed by atoms with Gasteiger partial charge in [0.1, 0.15) is 12.1 Å². The van der Waals surface area contributed by atoms with Crippen molar-refractivity contribution in [2.75, 3.05) is 10.6 Å². The van der Waals surface area contributed by atoms with Crippen LogP contribution in [0.4, 0.5) is 16.2 Å². The number of aryl methyl sites for hydroxylation is 1. The number of rotatable bonds is 10. The van der Waals surface area contributed by atoms with Crippen LogP contribution in [0.25, 0.3) is 0 Å². The first-order chi connectivity index (χ1) is 19.6. The second-order valence-corrected chi connectivity index (χ2v) is 9.72. The Morgan fingerprint density at radius 2 is 1.54 bits per heavy atom. The molecule has 212 valence electrons. The number of carbonyl (C=O) groups excluding carboxylic acids is 3. The van der Waals surface area contributed by atoms with Crippen molar-refractivity contribution in [2.24, 2.45) is 0 Å². The number of hydrogen-bond donors (Lipinski definition) is 5. The summed E-state index contributed by atoms with van der Waals surface area (Å²) in [5, 5.41) is 26.7. The van der Waals surface area contributed by atoms with E-state index in [2.05, 4.69) is 16.0 Å². The van der Waals surface area contributed by atoms with Gasteiger partial charge < -0.3 is 31.1 Å². The van der Waals surface area contributed by atoms with Crippen molar-refractivity contribution < 1.29 is 34.2 Å². The Kier molecular flexibility index (Phi) is 8.98. The Morgan fingerprint density at radius 1 is 0.878 bits per heavy atom. The van der Waals surface area contributed by atoms with E-state index >= 15 is 0 Å². The summed E-state index contributed by atoms with van der Waals surface area (Å²) in [5.74, 6) is -3.13. The number of nitrogens with one attached hydrogen (secondary N) is 3. The van der Waals surface area contributed by atoms with E-state index in [0.29, 0.717) is 34.5 Å². The number of nitrogens with zero attached hydrogens (tertiary/aromatic N) is 1. The van der Waals surface area contributed by atoms with Crippen LogP contribution in [0.3, 0.4) is 0 Å². The van der Waals surface area contributed by atoms with Crippen LogP contribution in [0.5, 0.6) is 0 Å². The van der Waals surface area contributed by atoms with Crippen LogP contribution in [-0.2, 0) is 38.6 Å². The van der Waals surface area contributed by atoms with Gasteiger partial charge in [-0.25, -0.2) is 9.59 Å². The van der Waals surface area contributed by atoms with E-state index in [4.69, 9.17) is 5.11 Å². The molecule has 0 spiro atoms. The summed E-state index contributed by atoms with van der Waals surface area (Å²) < 4.78 is 0. The molecule has 1 aliphatic rings. The van der Waals surface area contributed by atoms with Crippen molar-refractivity contribution in [3.8, 4) is 0 Å². The SMILES string of the molecule is CC(=O)N1Cc2cc(NC(=O)Nc3ccccc3)ccc2C1C(=O)NC(Cc1ccc(CCC(=O)O)cc1)C(=O)O. The Bertz CT molecular complexity index is 1460. The van der Waals surface area contributed by atoms with Gasteiger partial charge in [-0.2, -0.15) is 0 Å². The first-order valence-corrected chi connectivity index (χ1v) is 13.0. The van der Waals surface area contributed by atoms with E-state index in [1.807, 2.05) is 6.07 Å². The number of benzene rings is 3. The molecule has 2 unspecified atom stereocenters. The first kappa shape index (κ1) is 28.8. The predicted octanol–water partition coefficient (Wildman–Crippen LogP) is 3.56. The lowest BCUT2D eigenvalue weighted by atomic mass is 10.0. The topological polar surface area (TPSA) is 165 Å². The minimum Gasteiger partial charge on any atom is -0.481 e. The van der Waals surface area contributed by atoms with Gasteiger partial charge in [0.25, 0.3) is 0 Å². The molecular formula is C30H30N4O7. The largest absolute Gasteiger partial charge is 0.481 e. The summed E-state index contributed by atoms with van der Waals surface area (Å²) in [7, 11) is 0. The second kappa shape index (κ2) is 12.8. The molecule has 11 nitrogen and oxygen atoms in total. The molecule has 0 radical (unpaired) electrons. The summed E-state index contributed by atoms with van der Waals surface area (Å²) in [6.07, 6.45) is 0.339. The van der Waals surface area contributed by atoms with E-state index in [-0.39, 0.29) is 25.3 Å². The third-order valence-electron chi connectivity index (χ3n) is 6.74. The van der Waals surface area contributed by atoms with E-state index in [1.165, 1.54) is 11.8 Å². The first-order valence-electron chi connectivity index (χ1n) is 13.0. The highest BCUT2D eigenvalue weighted by Gasteiger charge is 2.38. The average Bonchev–Trinajstić information content (AvgIpc) is 3.32. The van der Waals surface area contributed by atoms with Gasteiger partial charge in [-0.3, -0.25) is 14.4 Å². The maximum absolute atomic E-state index is 13.4. The summed E-state index contributed by atoms with van der Waals surface area (Å²) in [6.45, 7) is 1.45. The Balaban J connectivity index is 1.46. The molecule has 0 bridgehead atoms. The molecule has 1 heterocycles. The van der Waals surface area contributed by atoms with E-state index in [0.717, 1.165) is 5.56 Å². The van der Waals surface area contributed by atoms with Crippen LogP contribution in [0.15, 0.2) is 72.8 Å². The number of carboxylic acids is 2. The maximum Gasteiger partial charge on any atom is 0.326 e. The van der Waals surface area contributed by atoms with Gasteiger partial charge in [-0.15, -0.1) is 0 Å². The fourth-order valence-electron chi connectivity index (χ4n) is 4.70. The summed E-state index contributed by atoms with van der Waals surface area (Å²) in [5.41, 5.74) is 3.74. The maximum atomic E-state index is 13.4. The fraction of sp³-hybridized carbons (Fsp3) is 0.233. The molecule has 1 aliphatic heterocycles. The van der Waals surface area contributed by atoms with Gasteiger partial charge in [0, 0.05) is 37.7 Å². The predicted molar refractivity (Wildman–Crippen MR) is 150 cm³/mol. The number of hydrogen-bond acceptors (Lipinski definition) is 5. The zero-order chi connectivity index (χ0) is 29.5. The monoisotopic (exact) mass is 558 g/mol. The third-order valence-corrected chi connectivity index (χ3v) is 6.74. The Morgan fingerprint density at radius 3 is 2.17 bits per heavy atom. The van der Waals surface area contributed by atoms with Gasteiger partial charge in [-0.1, -0.05) is 48.5 Å². The smallest absolute Gasteiger partial charge is 0.326 e. The third kappa shape index (κ3) is 7.47. The van der Waals surface area contributed by atoms with E-state index in [1.54, 1.807) is 66.7 Å². The molecule has 11 heteroatoms. The highest BCUT2D eigenvalue weighted by molar-refractivity contribution is 6.00. The van der Waals surface area contributed by atoms with Crippen molar-refractivity contribution in [3.63, 3.8) is 0 Å². The molecule has 0 fully saturated rings. The van der Waals surface area contributed by atoms with Crippen LogP contribution in [0, 0.1) is 0 Å². The lowest BCUT2D eigenvalue weighted by Gasteiger charge is -2.25. The minimum absolute atomic E-state index is 0.000678. The average molecular weight is 559 g/mol. The molecule has 2 atom stereocenters. The van der Waals surface area contributed by atoms with Crippen molar-refractivity contribution in [1.82, 2.24) is 10.2 Å². The minimum atomic E-state index is -1.26. The zero-order valence-electron chi connectivity index (χ0n) is 22.3. The number of anilines is 2. The van der Waals surface area contributed by atoms with Gasteiger partial charge in [-0.05, 0) is 52.9 Å². The summed E-state index contributed by atoms with van der Waals surface area (Å²) in [4.78, 5) is 62.4. The number of urea groups is 1. The van der Waals surface area contributed by atoms with Crippen LogP contribution in [-0.4, -0.2) is 50.9 Å². The molecule has 0 aliphatic carbocycles. The number of aliphatic carboxylic acids is 2. The van der Waals surface area contributed by atoms with Crippen molar-refractivity contribution in [2.45, 2.75) is 44.8 Å². The van der Waals surface area contributed by atoms with Crippen LogP contribution in [0.2, 0.25) is 0 Å². The molecule has 0 saturated carbocycles. The highest BCUT2D eigenvalue weighted by atomic mass is 16.4. The Labute approximate surface area is 236 Å². The quantitative estimate of drug-likeness (QED) is 0.254.